The normalized spacial score (nSPS) is 18.5. The summed E-state index contributed by atoms with van der Waals surface area (Å²) in [6.07, 6.45) is 1.00. The van der Waals surface area contributed by atoms with Crippen LogP contribution in [0.25, 0.3) is 10.4 Å². The molecule has 0 radical (unpaired) electrons. The van der Waals surface area contributed by atoms with Crippen molar-refractivity contribution in [2.24, 2.45) is 11.0 Å². The fraction of sp³-hybridized carbons (Fsp3) is 0.462. The molecule has 1 aliphatic rings. The summed E-state index contributed by atoms with van der Waals surface area (Å²) in [4.78, 5) is 16.4. The quantitative estimate of drug-likeness (QED) is 0.497. The molecule has 1 aromatic carbocycles. The Hall–Kier alpha value is -2.04. The van der Waals surface area contributed by atoms with Gasteiger partial charge in [0.2, 0.25) is 5.91 Å². The third-order valence-electron chi connectivity index (χ3n) is 3.23. The van der Waals surface area contributed by atoms with Crippen LogP contribution in [0.3, 0.4) is 0 Å². The van der Waals surface area contributed by atoms with E-state index in [4.69, 9.17) is 10.6 Å². The Bertz CT molecular complexity index is 511. The Morgan fingerprint density at radius 1 is 1.53 bits per heavy atom. The molecule has 1 aromatic rings. The fourth-order valence-corrected chi connectivity index (χ4v) is 2.31. The molecule has 0 spiro atoms. The smallest absolute Gasteiger partial charge is 0.227 e. The lowest BCUT2D eigenvalue weighted by Gasteiger charge is -2.17. The third-order valence-corrected chi connectivity index (χ3v) is 3.23. The van der Waals surface area contributed by atoms with Crippen LogP contribution >= 0.6 is 0 Å². The van der Waals surface area contributed by atoms with E-state index in [0.717, 1.165) is 11.3 Å². The number of aliphatic hydroxyl groups is 1. The fourth-order valence-electron chi connectivity index (χ4n) is 2.31. The van der Waals surface area contributed by atoms with Gasteiger partial charge in [-0.2, -0.15) is 0 Å². The molecule has 1 amide bonds. The van der Waals surface area contributed by atoms with Crippen LogP contribution in [0.2, 0.25) is 0 Å². The number of aliphatic hydroxyl groups excluding tert-OH is 1. The van der Waals surface area contributed by atoms with Crippen LogP contribution in [-0.2, 0) is 11.2 Å². The van der Waals surface area contributed by atoms with Crippen LogP contribution < -0.4 is 4.90 Å². The minimum absolute atomic E-state index is 0.0549. The molecule has 1 unspecified atom stereocenters. The van der Waals surface area contributed by atoms with E-state index in [2.05, 4.69) is 10.0 Å². The maximum Gasteiger partial charge on any atom is 0.227 e. The van der Waals surface area contributed by atoms with E-state index in [1.807, 2.05) is 24.3 Å². The van der Waals surface area contributed by atoms with Crippen LogP contribution in [0.4, 0.5) is 5.69 Å². The van der Waals surface area contributed by atoms with Crippen molar-refractivity contribution in [3.05, 3.63) is 40.3 Å². The van der Waals surface area contributed by atoms with Gasteiger partial charge in [0.15, 0.2) is 0 Å². The average Bonchev–Trinajstić information content (AvgIpc) is 2.78. The van der Waals surface area contributed by atoms with Crippen molar-refractivity contribution in [1.29, 1.82) is 0 Å². The van der Waals surface area contributed by atoms with Crippen molar-refractivity contribution in [1.82, 2.24) is 0 Å². The molecule has 19 heavy (non-hydrogen) atoms. The topological polar surface area (TPSA) is 89.3 Å². The molecular weight excluding hydrogens is 244 g/mol. The number of nitrogens with zero attached hydrogens (tertiary/aromatic N) is 4. The highest BCUT2D eigenvalue weighted by Crippen LogP contribution is 2.26. The van der Waals surface area contributed by atoms with Crippen molar-refractivity contribution in [2.45, 2.75) is 12.8 Å². The summed E-state index contributed by atoms with van der Waals surface area (Å²) in [6, 6.07) is 7.62. The summed E-state index contributed by atoms with van der Waals surface area (Å²) in [5.74, 6) is 0.143. The maximum atomic E-state index is 12.0. The lowest BCUT2D eigenvalue weighted by molar-refractivity contribution is -0.117. The summed E-state index contributed by atoms with van der Waals surface area (Å²) in [5, 5.41) is 12.5. The van der Waals surface area contributed by atoms with Gasteiger partial charge in [-0.3, -0.25) is 4.79 Å². The Labute approximate surface area is 111 Å². The number of hydrogen-bond acceptors (Lipinski definition) is 3. The first-order valence-corrected chi connectivity index (χ1v) is 6.25. The van der Waals surface area contributed by atoms with Crippen LogP contribution in [-0.4, -0.2) is 30.7 Å². The van der Waals surface area contributed by atoms with Gasteiger partial charge in [-0.05, 0) is 35.6 Å². The molecule has 0 aliphatic carbocycles. The van der Waals surface area contributed by atoms with Crippen LogP contribution in [0.15, 0.2) is 29.4 Å². The minimum Gasteiger partial charge on any atom is -0.396 e. The molecule has 1 fully saturated rings. The SMILES string of the molecule is [N-]=[N+]=NCC1CC(=O)N(c2cccc(CCO)c2)C1. The third kappa shape index (κ3) is 3.24. The second-order valence-electron chi connectivity index (χ2n) is 4.63. The van der Waals surface area contributed by atoms with E-state index in [1.54, 1.807) is 4.90 Å². The van der Waals surface area contributed by atoms with Gasteiger partial charge in [-0.15, -0.1) is 0 Å². The Balaban J connectivity index is 2.11. The van der Waals surface area contributed by atoms with Gasteiger partial charge in [-0.25, -0.2) is 0 Å². The zero-order valence-corrected chi connectivity index (χ0v) is 10.6. The largest absolute Gasteiger partial charge is 0.396 e. The average molecular weight is 260 g/mol. The summed E-state index contributed by atoms with van der Waals surface area (Å²) < 4.78 is 0. The van der Waals surface area contributed by atoms with Gasteiger partial charge >= 0.3 is 0 Å². The highest BCUT2D eigenvalue weighted by molar-refractivity contribution is 5.95. The summed E-state index contributed by atoms with van der Waals surface area (Å²) in [5.41, 5.74) is 10.2. The zero-order chi connectivity index (χ0) is 13.7. The van der Waals surface area contributed by atoms with Crippen LogP contribution in [0, 0.1) is 5.92 Å². The van der Waals surface area contributed by atoms with E-state index >= 15 is 0 Å². The number of azide groups is 1. The maximum absolute atomic E-state index is 12.0. The van der Waals surface area contributed by atoms with Crippen molar-refractivity contribution < 1.29 is 9.90 Å². The van der Waals surface area contributed by atoms with Gasteiger partial charge < -0.3 is 10.0 Å². The number of carbonyl (C=O) groups excluding carboxylic acids is 1. The van der Waals surface area contributed by atoms with E-state index in [1.165, 1.54) is 0 Å². The van der Waals surface area contributed by atoms with Gasteiger partial charge in [0.05, 0.1) is 0 Å². The summed E-state index contributed by atoms with van der Waals surface area (Å²) in [6.45, 7) is 1.03. The number of carbonyl (C=O) groups is 1. The standard InChI is InChI=1S/C13H16N4O2/c14-16-15-8-11-7-13(19)17(9-11)12-3-1-2-10(6-12)4-5-18/h1-3,6,11,18H,4-5,7-9H2. The number of benzene rings is 1. The lowest BCUT2D eigenvalue weighted by atomic mass is 10.1. The second-order valence-corrected chi connectivity index (χ2v) is 4.63. The van der Waals surface area contributed by atoms with Gasteiger partial charge in [0, 0.05) is 36.7 Å². The lowest BCUT2D eigenvalue weighted by Crippen LogP contribution is -2.24. The number of rotatable bonds is 5. The highest BCUT2D eigenvalue weighted by Gasteiger charge is 2.29. The minimum atomic E-state index is 0.0549. The van der Waals surface area contributed by atoms with E-state index in [-0.39, 0.29) is 18.4 Å². The van der Waals surface area contributed by atoms with Crippen molar-refractivity contribution in [3.8, 4) is 0 Å². The Kier molecular flexibility index (Phi) is 4.39. The number of anilines is 1. The number of hydrogen-bond donors (Lipinski definition) is 1. The predicted octanol–water partition coefficient (Wildman–Crippen LogP) is 1.88. The Morgan fingerprint density at radius 3 is 3.11 bits per heavy atom. The van der Waals surface area contributed by atoms with Crippen molar-refractivity contribution in [3.63, 3.8) is 0 Å². The van der Waals surface area contributed by atoms with E-state index in [9.17, 15) is 4.79 Å². The molecule has 0 aromatic heterocycles. The molecule has 1 atom stereocenters. The van der Waals surface area contributed by atoms with Gasteiger partial charge in [-0.1, -0.05) is 17.2 Å². The molecule has 6 nitrogen and oxygen atoms in total. The highest BCUT2D eigenvalue weighted by atomic mass is 16.3. The summed E-state index contributed by atoms with van der Waals surface area (Å²) in [7, 11) is 0. The molecule has 0 bridgehead atoms. The molecule has 100 valence electrons. The Morgan fingerprint density at radius 2 is 2.37 bits per heavy atom. The molecular formula is C13H16N4O2. The molecule has 1 heterocycles. The zero-order valence-electron chi connectivity index (χ0n) is 10.6. The van der Waals surface area contributed by atoms with Crippen LogP contribution in [0.1, 0.15) is 12.0 Å². The summed E-state index contributed by atoms with van der Waals surface area (Å²) >= 11 is 0. The number of amides is 1. The van der Waals surface area contributed by atoms with Gasteiger partial charge in [0.1, 0.15) is 0 Å². The molecule has 1 saturated heterocycles. The predicted molar refractivity (Wildman–Crippen MR) is 71.7 cm³/mol. The van der Waals surface area contributed by atoms with Crippen molar-refractivity contribution >= 4 is 11.6 Å². The van der Waals surface area contributed by atoms with E-state index in [0.29, 0.717) is 25.9 Å². The molecule has 0 saturated carbocycles. The first-order chi connectivity index (χ1) is 9.24. The van der Waals surface area contributed by atoms with E-state index < -0.39 is 0 Å². The first-order valence-electron chi connectivity index (χ1n) is 6.25. The first kappa shape index (κ1) is 13.4. The molecule has 1 N–H and O–H groups in total. The molecule has 6 heteroatoms. The molecule has 2 rings (SSSR count). The van der Waals surface area contributed by atoms with Gasteiger partial charge in [0.25, 0.3) is 0 Å². The van der Waals surface area contributed by atoms with Crippen LogP contribution in [0.5, 0.6) is 0 Å². The molecule has 1 aliphatic heterocycles. The second kappa shape index (κ2) is 6.22. The van der Waals surface area contributed by atoms with Crippen molar-refractivity contribution in [2.75, 3.05) is 24.6 Å². The monoisotopic (exact) mass is 260 g/mol.